The van der Waals surface area contributed by atoms with Crippen LogP contribution < -0.4 is 9.64 Å². The maximum atomic E-state index is 15.7. The van der Waals surface area contributed by atoms with Crippen molar-refractivity contribution < 1.29 is 37.8 Å². The van der Waals surface area contributed by atoms with Crippen molar-refractivity contribution in [3.05, 3.63) is 148 Å². The summed E-state index contributed by atoms with van der Waals surface area (Å²) >= 11 is 0. The van der Waals surface area contributed by atoms with Gasteiger partial charge in [-0.05, 0) is 70.8 Å². The Balaban J connectivity index is 1.62. The number of fused-ring (bicyclic) bond motifs is 6. The summed E-state index contributed by atoms with van der Waals surface area (Å²) < 4.78 is 31.4. The van der Waals surface area contributed by atoms with Gasteiger partial charge in [0.05, 0.1) is 45.4 Å². The molecule has 0 saturated carbocycles. The number of halogens is 1. The van der Waals surface area contributed by atoms with Gasteiger partial charge in [0.2, 0.25) is 5.91 Å². The fraction of sp³-hybridized carbons (Fsp3) is 0.179. The van der Waals surface area contributed by atoms with Crippen LogP contribution in [0.2, 0.25) is 0 Å². The van der Waals surface area contributed by atoms with Crippen molar-refractivity contribution >= 4 is 35.4 Å². The molecule has 0 radical (unpaired) electrons. The normalized spacial score (nSPS) is 20.4. The molecule has 3 heterocycles. The van der Waals surface area contributed by atoms with Gasteiger partial charge in [0.25, 0.3) is 0 Å². The Kier molecular flexibility index (Phi) is 7.86. The zero-order chi connectivity index (χ0) is 34.4. The van der Waals surface area contributed by atoms with E-state index in [-0.39, 0.29) is 28.9 Å². The third kappa shape index (κ3) is 4.74. The van der Waals surface area contributed by atoms with E-state index in [1.165, 1.54) is 54.4 Å². The molecule has 9 nitrogen and oxygen atoms in total. The molecule has 1 unspecified atom stereocenters. The number of methoxy groups -OCH3 is 3. The Morgan fingerprint density at radius 1 is 0.837 bits per heavy atom. The molecule has 4 aromatic rings. The number of nitrogens with zero attached hydrogens (tertiary/aromatic N) is 2. The maximum absolute atomic E-state index is 15.7. The van der Waals surface area contributed by atoms with Crippen LogP contribution >= 0.6 is 0 Å². The van der Waals surface area contributed by atoms with E-state index in [0.717, 1.165) is 18.2 Å². The van der Waals surface area contributed by atoms with Crippen LogP contribution in [0, 0.1) is 11.7 Å². The summed E-state index contributed by atoms with van der Waals surface area (Å²) in [7, 11) is 3.78. The van der Waals surface area contributed by atoms with Crippen molar-refractivity contribution in [2.75, 3.05) is 26.2 Å². The third-order valence-corrected chi connectivity index (χ3v) is 9.57. The molecule has 49 heavy (non-hydrogen) atoms. The number of rotatable bonds is 7. The highest BCUT2D eigenvalue weighted by molar-refractivity contribution is 6.19. The van der Waals surface area contributed by atoms with Crippen LogP contribution in [-0.2, 0) is 35.8 Å². The van der Waals surface area contributed by atoms with Crippen molar-refractivity contribution in [3.63, 3.8) is 0 Å². The van der Waals surface area contributed by atoms with E-state index in [1.807, 2.05) is 42.5 Å². The second kappa shape index (κ2) is 12.2. The molecule has 7 rings (SSSR count). The minimum atomic E-state index is -1.98. The molecule has 0 saturated heterocycles. The lowest BCUT2D eigenvalue weighted by Crippen LogP contribution is -2.61. The van der Waals surface area contributed by atoms with Gasteiger partial charge in [-0.2, -0.15) is 0 Å². The average molecular weight is 659 g/mol. The van der Waals surface area contributed by atoms with Crippen LogP contribution in [0.15, 0.2) is 115 Å². The molecule has 10 heteroatoms. The summed E-state index contributed by atoms with van der Waals surface area (Å²) in [5.74, 6) is -4.96. The second-order valence-corrected chi connectivity index (χ2v) is 11.9. The first-order valence-electron chi connectivity index (χ1n) is 15.6. The van der Waals surface area contributed by atoms with Gasteiger partial charge in [0.1, 0.15) is 22.7 Å². The Hall–Kier alpha value is -6.03. The summed E-state index contributed by atoms with van der Waals surface area (Å²) in [6, 6.07) is 25.7. The number of hydrogen-bond donors (Lipinski definition) is 0. The molecule has 0 N–H and O–H groups in total. The van der Waals surface area contributed by atoms with Crippen molar-refractivity contribution in [3.8, 4) is 5.75 Å². The standard InChI is InChI=1S/C39H31FN2O7/c1-47-27-16-13-25(14-17-27)34(43)32-31(36(44)48-2)33(37(45)49-3)41-20-19-24-11-7-8-12-28(24)35(41)39(32)29-21-26(40)15-18-30(29)42(38(39)46)22-23-9-5-4-6-10-23/h4-21,32,35H,22H2,1-3H3/t32?,35-,39-/m1/s1. The maximum Gasteiger partial charge on any atom is 0.355 e. The lowest BCUT2D eigenvalue weighted by molar-refractivity contribution is -0.144. The predicted octanol–water partition coefficient (Wildman–Crippen LogP) is 5.76. The lowest BCUT2D eigenvalue weighted by Gasteiger charge is -2.52. The number of carbonyl (C=O) groups excluding carboxylic acids is 4. The minimum absolute atomic E-state index is 0.0921. The highest BCUT2D eigenvalue weighted by atomic mass is 19.1. The van der Waals surface area contributed by atoms with Crippen LogP contribution in [0.5, 0.6) is 5.75 Å². The summed E-state index contributed by atoms with van der Waals surface area (Å²) in [5, 5.41) is 0. The summed E-state index contributed by atoms with van der Waals surface area (Å²) in [6.45, 7) is 0.0921. The molecule has 3 atom stereocenters. The minimum Gasteiger partial charge on any atom is -0.497 e. The fourth-order valence-electron chi connectivity index (χ4n) is 7.52. The smallest absolute Gasteiger partial charge is 0.355 e. The van der Waals surface area contributed by atoms with Gasteiger partial charge in [-0.15, -0.1) is 0 Å². The van der Waals surface area contributed by atoms with E-state index in [9.17, 15) is 9.59 Å². The van der Waals surface area contributed by atoms with Crippen LogP contribution in [0.1, 0.15) is 38.7 Å². The monoisotopic (exact) mass is 658 g/mol. The van der Waals surface area contributed by atoms with Gasteiger partial charge in [0.15, 0.2) is 5.78 Å². The Labute approximate surface area is 281 Å². The van der Waals surface area contributed by atoms with Crippen molar-refractivity contribution in [1.82, 2.24) is 4.90 Å². The molecular weight excluding hydrogens is 627 g/mol. The first-order chi connectivity index (χ1) is 23.8. The number of anilines is 1. The molecule has 0 bridgehead atoms. The molecule has 0 fully saturated rings. The van der Waals surface area contributed by atoms with Crippen molar-refractivity contribution in [2.24, 2.45) is 5.92 Å². The van der Waals surface area contributed by atoms with E-state index in [2.05, 4.69) is 0 Å². The first kappa shape index (κ1) is 31.6. The van der Waals surface area contributed by atoms with Crippen LogP contribution in [-0.4, -0.2) is 49.9 Å². The summed E-state index contributed by atoms with van der Waals surface area (Å²) in [4.78, 5) is 61.7. The van der Waals surface area contributed by atoms with Crippen LogP contribution in [0.3, 0.4) is 0 Å². The number of ether oxygens (including phenoxy) is 3. The molecule has 1 amide bonds. The molecular formula is C39H31FN2O7. The van der Waals surface area contributed by atoms with Gasteiger partial charge < -0.3 is 24.0 Å². The molecule has 4 aromatic carbocycles. The molecule has 1 spiro atoms. The number of esters is 2. The lowest BCUT2D eigenvalue weighted by atomic mass is 9.56. The number of ketones is 1. The number of hydrogen-bond acceptors (Lipinski definition) is 8. The van der Waals surface area contributed by atoms with E-state index >= 15 is 14.0 Å². The van der Waals surface area contributed by atoms with Crippen LogP contribution in [0.4, 0.5) is 10.1 Å². The molecule has 3 aliphatic rings. The van der Waals surface area contributed by atoms with Crippen molar-refractivity contribution in [2.45, 2.75) is 18.0 Å². The van der Waals surface area contributed by atoms with Crippen LogP contribution in [0.25, 0.3) is 6.08 Å². The zero-order valence-corrected chi connectivity index (χ0v) is 26.9. The molecule has 246 valence electrons. The first-order valence-corrected chi connectivity index (χ1v) is 15.6. The van der Waals surface area contributed by atoms with E-state index in [1.54, 1.807) is 36.5 Å². The fourth-order valence-corrected chi connectivity index (χ4v) is 7.52. The van der Waals surface area contributed by atoms with Gasteiger partial charge in [0, 0.05) is 17.5 Å². The molecule has 0 aromatic heterocycles. The van der Waals surface area contributed by atoms with E-state index in [0.29, 0.717) is 17.0 Å². The Bertz CT molecular complexity index is 2070. The SMILES string of the molecule is COC(=O)C1=C(C(=O)OC)N2C=Cc3ccccc3[C@@H]2[C@]2(C(=O)N(Cc3ccccc3)c3ccc(F)cc32)C1C(=O)c1ccc(OC)cc1. The second-order valence-electron chi connectivity index (χ2n) is 11.9. The quantitative estimate of drug-likeness (QED) is 0.183. The summed E-state index contributed by atoms with van der Waals surface area (Å²) in [6.07, 6.45) is 3.33. The number of benzene rings is 4. The Morgan fingerprint density at radius 2 is 1.53 bits per heavy atom. The molecule has 0 aliphatic carbocycles. The topological polar surface area (TPSA) is 102 Å². The highest BCUT2D eigenvalue weighted by Crippen LogP contribution is 2.62. The number of Topliss-reactive ketones (excluding diaryl/α,β-unsaturated/α-hetero) is 1. The molecule has 3 aliphatic heterocycles. The van der Waals surface area contributed by atoms with Gasteiger partial charge in [-0.25, -0.2) is 14.0 Å². The predicted molar refractivity (Wildman–Crippen MR) is 178 cm³/mol. The third-order valence-electron chi connectivity index (χ3n) is 9.57. The highest BCUT2D eigenvalue weighted by Gasteiger charge is 2.69. The van der Waals surface area contributed by atoms with E-state index < -0.39 is 46.8 Å². The Morgan fingerprint density at radius 3 is 2.22 bits per heavy atom. The van der Waals surface area contributed by atoms with Gasteiger partial charge >= 0.3 is 11.9 Å². The number of amides is 1. The van der Waals surface area contributed by atoms with Gasteiger partial charge in [-0.1, -0.05) is 54.6 Å². The number of carbonyl (C=O) groups is 4. The zero-order valence-electron chi connectivity index (χ0n) is 26.9. The van der Waals surface area contributed by atoms with E-state index in [4.69, 9.17) is 14.2 Å². The average Bonchev–Trinajstić information content (AvgIpc) is 3.36. The summed E-state index contributed by atoms with van der Waals surface area (Å²) in [5.41, 5.74) is 0.199. The van der Waals surface area contributed by atoms with Crippen molar-refractivity contribution in [1.29, 1.82) is 0 Å². The largest absolute Gasteiger partial charge is 0.497 e. The van der Waals surface area contributed by atoms with Gasteiger partial charge in [-0.3, -0.25) is 9.59 Å².